The van der Waals surface area contributed by atoms with Crippen molar-refractivity contribution in [1.29, 1.82) is 0 Å². The van der Waals surface area contributed by atoms with Crippen molar-refractivity contribution in [3.8, 4) is 0 Å². The van der Waals surface area contributed by atoms with E-state index in [0.29, 0.717) is 13.0 Å². The number of carbonyl (C=O) groups is 1. The van der Waals surface area contributed by atoms with E-state index in [4.69, 9.17) is 4.74 Å². The summed E-state index contributed by atoms with van der Waals surface area (Å²) < 4.78 is 5.10. The molecule has 2 N–H and O–H groups in total. The van der Waals surface area contributed by atoms with Gasteiger partial charge in [0.2, 0.25) is 0 Å². The van der Waals surface area contributed by atoms with E-state index in [2.05, 4.69) is 6.92 Å². The van der Waals surface area contributed by atoms with Crippen molar-refractivity contribution >= 4 is 5.97 Å². The molecule has 28 heavy (non-hydrogen) atoms. The molecule has 0 spiro atoms. The average Bonchev–Trinajstić information content (AvgIpc) is 3.04. The number of esters is 1. The zero-order valence-corrected chi connectivity index (χ0v) is 18.8. The summed E-state index contributed by atoms with van der Waals surface area (Å²) in [5, 5.41) is 21.5. The van der Waals surface area contributed by atoms with Gasteiger partial charge in [0.15, 0.2) is 0 Å². The van der Waals surface area contributed by atoms with E-state index in [1.807, 2.05) is 13.8 Å². The molecule has 4 atom stereocenters. The van der Waals surface area contributed by atoms with Crippen molar-refractivity contribution in [2.75, 3.05) is 6.61 Å². The molecule has 0 aromatic carbocycles. The van der Waals surface area contributed by atoms with E-state index < -0.39 is 5.60 Å². The van der Waals surface area contributed by atoms with Crippen molar-refractivity contribution in [3.05, 3.63) is 0 Å². The van der Waals surface area contributed by atoms with Gasteiger partial charge in [-0.05, 0) is 57.3 Å². The summed E-state index contributed by atoms with van der Waals surface area (Å²) in [6.07, 6.45) is 14.9. The van der Waals surface area contributed by atoms with Crippen LogP contribution < -0.4 is 0 Å². The fraction of sp³-hybridized carbons (Fsp3) is 0.958. The SMILES string of the molecule is CCCCCCCC(C)(O)[C@@H]1CCC(O)[C@@H]1CCCCCCC(=O)OCCC. The fourth-order valence-corrected chi connectivity index (χ4v) is 4.78. The Hall–Kier alpha value is -0.610. The summed E-state index contributed by atoms with van der Waals surface area (Å²) >= 11 is 0. The van der Waals surface area contributed by atoms with Gasteiger partial charge in [0, 0.05) is 6.42 Å². The van der Waals surface area contributed by atoms with Crippen LogP contribution in [0.2, 0.25) is 0 Å². The lowest BCUT2D eigenvalue weighted by Crippen LogP contribution is -2.38. The highest BCUT2D eigenvalue weighted by Gasteiger charge is 2.44. The Morgan fingerprint density at radius 2 is 1.64 bits per heavy atom. The maximum atomic E-state index is 11.5. The molecular formula is C24H46O4. The van der Waals surface area contributed by atoms with Crippen molar-refractivity contribution < 1.29 is 19.7 Å². The van der Waals surface area contributed by atoms with E-state index in [-0.39, 0.29) is 23.9 Å². The normalized spacial score (nSPS) is 24.2. The van der Waals surface area contributed by atoms with Crippen LogP contribution in [0.5, 0.6) is 0 Å². The lowest BCUT2D eigenvalue weighted by Gasteiger charge is -2.35. The van der Waals surface area contributed by atoms with Gasteiger partial charge in [-0.3, -0.25) is 4.79 Å². The number of unbranched alkanes of at least 4 members (excludes halogenated alkanes) is 7. The molecule has 0 saturated heterocycles. The molecule has 1 aliphatic rings. The zero-order chi connectivity index (χ0) is 20.8. The molecule has 1 saturated carbocycles. The van der Waals surface area contributed by atoms with E-state index in [1.165, 1.54) is 25.7 Å². The molecule has 0 aliphatic heterocycles. The number of rotatable bonds is 16. The van der Waals surface area contributed by atoms with Crippen LogP contribution in [0.4, 0.5) is 0 Å². The molecule has 1 fully saturated rings. The fourth-order valence-electron chi connectivity index (χ4n) is 4.78. The molecule has 0 heterocycles. The van der Waals surface area contributed by atoms with Gasteiger partial charge in [0.05, 0.1) is 18.3 Å². The average molecular weight is 399 g/mol. The summed E-state index contributed by atoms with van der Waals surface area (Å²) in [5.74, 6) is 0.362. The first-order valence-corrected chi connectivity index (χ1v) is 12.0. The summed E-state index contributed by atoms with van der Waals surface area (Å²) in [6.45, 7) is 6.74. The van der Waals surface area contributed by atoms with Crippen LogP contribution in [-0.4, -0.2) is 34.5 Å². The first-order valence-electron chi connectivity index (χ1n) is 12.0. The van der Waals surface area contributed by atoms with Gasteiger partial charge in [-0.15, -0.1) is 0 Å². The van der Waals surface area contributed by atoms with Crippen LogP contribution in [0.25, 0.3) is 0 Å². The Morgan fingerprint density at radius 1 is 0.964 bits per heavy atom. The van der Waals surface area contributed by atoms with Gasteiger partial charge in [0.1, 0.15) is 0 Å². The largest absolute Gasteiger partial charge is 0.466 e. The molecule has 4 nitrogen and oxygen atoms in total. The summed E-state index contributed by atoms with van der Waals surface area (Å²) in [5.41, 5.74) is -0.655. The number of aliphatic hydroxyl groups is 2. The minimum absolute atomic E-state index is 0.0805. The minimum atomic E-state index is -0.655. The second-order valence-electron chi connectivity index (χ2n) is 9.11. The molecule has 0 amide bonds. The van der Waals surface area contributed by atoms with Gasteiger partial charge in [0.25, 0.3) is 0 Å². The standard InChI is InChI=1S/C24H46O4/c1-4-6-7-10-13-18-24(3,27)21-16-17-22(25)20(21)14-11-8-9-12-15-23(26)28-19-5-2/h20-22,25,27H,4-19H2,1-3H3/t20-,21-,22?,24?/m1/s1. The molecule has 1 aliphatic carbocycles. The first-order chi connectivity index (χ1) is 13.4. The van der Waals surface area contributed by atoms with E-state index in [9.17, 15) is 15.0 Å². The van der Waals surface area contributed by atoms with Gasteiger partial charge in [-0.1, -0.05) is 65.2 Å². The molecule has 0 radical (unpaired) electrons. The van der Waals surface area contributed by atoms with Crippen LogP contribution in [0.15, 0.2) is 0 Å². The van der Waals surface area contributed by atoms with Gasteiger partial charge in [-0.2, -0.15) is 0 Å². The Balaban J connectivity index is 2.27. The predicted molar refractivity (Wildman–Crippen MR) is 115 cm³/mol. The first kappa shape index (κ1) is 25.4. The topological polar surface area (TPSA) is 66.8 Å². The van der Waals surface area contributed by atoms with Crippen LogP contribution in [0.1, 0.15) is 117 Å². The Bertz CT molecular complexity index is 407. The molecule has 0 aromatic heterocycles. The maximum Gasteiger partial charge on any atom is 0.305 e. The van der Waals surface area contributed by atoms with Crippen molar-refractivity contribution in [1.82, 2.24) is 0 Å². The summed E-state index contributed by atoms with van der Waals surface area (Å²) in [7, 11) is 0. The van der Waals surface area contributed by atoms with Crippen LogP contribution >= 0.6 is 0 Å². The van der Waals surface area contributed by atoms with Gasteiger partial charge in [-0.25, -0.2) is 0 Å². The third-order valence-corrected chi connectivity index (χ3v) is 6.51. The Labute approximate surface area is 173 Å². The summed E-state index contributed by atoms with van der Waals surface area (Å²) in [6, 6.07) is 0. The second-order valence-corrected chi connectivity index (χ2v) is 9.11. The van der Waals surface area contributed by atoms with Crippen molar-refractivity contribution in [2.24, 2.45) is 11.8 Å². The molecule has 2 unspecified atom stereocenters. The highest BCUT2D eigenvalue weighted by molar-refractivity contribution is 5.69. The Morgan fingerprint density at radius 3 is 2.36 bits per heavy atom. The van der Waals surface area contributed by atoms with E-state index >= 15 is 0 Å². The molecule has 4 heteroatoms. The van der Waals surface area contributed by atoms with Crippen molar-refractivity contribution in [2.45, 2.75) is 129 Å². The number of hydrogen-bond donors (Lipinski definition) is 2. The van der Waals surface area contributed by atoms with Gasteiger partial charge >= 0.3 is 5.97 Å². The summed E-state index contributed by atoms with van der Waals surface area (Å²) in [4.78, 5) is 11.5. The number of aliphatic hydroxyl groups excluding tert-OH is 1. The quantitative estimate of drug-likeness (QED) is 0.255. The predicted octanol–water partition coefficient (Wildman–Crippen LogP) is 5.78. The number of carbonyl (C=O) groups excluding carboxylic acids is 1. The molecule has 0 bridgehead atoms. The third-order valence-electron chi connectivity index (χ3n) is 6.51. The smallest absolute Gasteiger partial charge is 0.305 e. The maximum absolute atomic E-state index is 11.5. The van der Waals surface area contributed by atoms with E-state index in [1.54, 1.807) is 0 Å². The van der Waals surface area contributed by atoms with E-state index in [0.717, 1.165) is 64.2 Å². The highest BCUT2D eigenvalue weighted by atomic mass is 16.5. The van der Waals surface area contributed by atoms with Crippen LogP contribution in [0.3, 0.4) is 0 Å². The van der Waals surface area contributed by atoms with Crippen LogP contribution in [-0.2, 0) is 9.53 Å². The number of ether oxygens (including phenoxy) is 1. The molecule has 1 rings (SSSR count). The number of hydrogen-bond acceptors (Lipinski definition) is 4. The van der Waals surface area contributed by atoms with Crippen LogP contribution in [0, 0.1) is 11.8 Å². The third kappa shape index (κ3) is 9.73. The van der Waals surface area contributed by atoms with Gasteiger partial charge < -0.3 is 14.9 Å². The molecule has 166 valence electrons. The second kappa shape index (κ2) is 14.4. The zero-order valence-electron chi connectivity index (χ0n) is 18.8. The lowest BCUT2D eigenvalue weighted by molar-refractivity contribution is -0.143. The minimum Gasteiger partial charge on any atom is -0.466 e. The highest BCUT2D eigenvalue weighted by Crippen LogP contribution is 2.43. The Kier molecular flexibility index (Phi) is 13.1. The monoisotopic (exact) mass is 398 g/mol. The molecule has 0 aromatic rings. The van der Waals surface area contributed by atoms with Crippen molar-refractivity contribution in [3.63, 3.8) is 0 Å². The molecular weight excluding hydrogens is 352 g/mol. The lowest BCUT2D eigenvalue weighted by atomic mass is 9.76.